The molecule has 1 saturated carbocycles. The number of nitrogens with one attached hydrogen (secondary N) is 1. The molecule has 1 saturated heterocycles. The van der Waals surface area contributed by atoms with Gasteiger partial charge in [-0.2, -0.15) is 0 Å². The van der Waals surface area contributed by atoms with Crippen LogP contribution in [0.1, 0.15) is 26.2 Å². The van der Waals surface area contributed by atoms with Gasteiger partial charge in [0.15, 0.2) is 0 Å². The van der Waals surface area contributed by atoms with Crippen molar-refractivity contribution >= 4 is 5.97 Å². The van der Waals surface area contributed by atoms with E-state index in [1.807, 2.05) is 6.92 Å². The molecule has 1 aliphatic heterocycles. The topological polar surface area (TPSA) is 67.8 Å². The number of carbonyl (C=O) groups excluding carboxylic acids is 1. The number of carbonyl (C=O) groups is 1. The maximum atomic E-state index is 12.0. The van der Waals surface area contributed by atoms with Crippen LogP contribution in [-0.2, 0) is 14.3 Å². The smallest absolute Gasteiger partial charge is 0.317 e. The minimum absolute atomic E-state index is 0.226. The summed E-state index contributed by atoms with van der Waals surface area (Å²) < 4.78 is 10.2. The zero-order chi connectivity index (χ0) is 12.5. The third kappa shape index (κ3) is 1.86. The molecule has 5 heteroatoms. The summed E-state index contributed by atoms with van der Waals surface area (Å²) in [6.45, 7) is 3.41. The molecule has 0 spiro atoms. The van der Waals surface area contributed by atoms with Gasteiger partial charge >= 0.3 is 5.97 Å². The van der Waals surface area contributed by atoms with Crippen molar-refractivity contribution in [1.29, 1.82) is 0 Å². The first-order chi connectivity index (χ1) is 8.08. The number of hydrogen-bond donors (Lipinski definition) is 2. The first-order valence-corrected chi connectivity index (χ1v) is 6.20. The summed E-state index contributed by atoms with van der Waals surface area (Å²) in [7, 11) is 1.37. The number of aliphatic hydroxyl groups is 1. The van der Waals surface area contributed by atoms with Crippen molar-refractivity contribution in [2.24, 2.45) is 5.41 Å². The predicted octanol–water partition coefficient (Wildman–Crippen LogP) is 0.0691. The SMILES string of the molecule is CCNC1CC[C@]2(C(=O)OC)COC[C@]2(O)C1. The van der Waals surface area contributed by atoms with Crippen LogP contribution in [0.4, 0.5) is 0 Å². The fourth-order valence-electron chi connectivity index (χ4n) is 3.17. The lowest BCUT2D eigenvalue weighted by Gasteiger charge is -2.44. The van der Waals surface area contributed by atoms with Crippen molar-refractivity contribution in [2.75, 3.05) is 26.9 Å². The van der Waals surface area contributed by atoms with Crippen LogP contribution in [0.3, 0.4) is 0 Å². The summed E-state index contributed by atoms with van der Waals surface area (Å²) in [4.78, 5) is 12.0. The van der Waals surface area contributed by atoms with Gasteiger partial charge < -0.3 is 19.9 Å². The van der Waals surface area contributed by atoms with Crippen molar-refractivity contribution in [3.05, 3.63) is 0 Å². The average molecular weight is 243 g/mol. The van der Waals surface area contributed by atoms with E-state index in [1.165, 1.54) is 7.11 Å². The van der Waals surface area contributed by atoms with Gasteiger partial charge in [-0.15, -0.1) is 0 Å². The highest BCUT2D eigenvalue weighted by atomic mass is 16.5. The fourth-order valence-corrected chi connectivity index (χ4v) is 3.17. The first kappa shape index (κ1) is 12.8. The summed E-state index contributed by atoms with van der Waals surface area (Å²) in [6.07, 6.45) is 2.04. The Morgan fingerprint density at radius 3 is 3.00 bits per heavy atom. The molecule has 1 aliphatic carbocycles. The van der Waals surface area contributed by atoms with Crippen LogP contribution >= 0.6 is 0 Å². The number of hydrogen-bond acceptors (Lipinski definition) is 5. The molecule has 2 aliphatic rings. The van der Waals surface area contributed by atoms with Gasteiger partial charge in [0.2, 0.25) is 0 Å². The largest absolute Gasteiger partial charge is 0.468 e. The molecular weight excluding hydrogens is 222 g/mol. The van der Waals surface area contributed by atoms with Crippen LogP contribution in [0.5, 0.6) is 0 Å². The van der Waals surface area contributed by atoms with Crippen molar-refractivity contribution in [3.63, 3.8) is 0 Å². The van der Waals surface area contributed by atoms with Gasteiger partial charge in [-0.25, -0.2) is 0 Å². The lowest BCUT2D eigenvalue weighted by Crippen LogP contribution is -2.59. The Kier molecular flexibility index (Phi) is 3.43. The van der Waals surface area contributed by atoms with E-state index in [0.29, 0.717) is 12.8 Å². The van der Waals surface area contributed by atoms with Gasteiger partial charge in [0.05, 0.1) is 20.3 Å². The van der Waals surface area contributed by atoms with E-state index >= 15 is 0 Å². The molecular formula is C12H21NO4. The number of fused-ring (bicyclic) bond motifs is 1. The molecule has 1 heterocycles. The maximum Gasteiger partial charge on any atom is 0.317 e. The van der Waals surface area contributed by atoms with Gasteiger partial charge in [0.25, 0.3) is 0 Å². The number of esters is 1. The molecule has 2 fully saturated rings. The van der Waals surface area contributed by atoms with Crippen LogP contribution < -0.4 is 5.32 Å². The zero-order valence-corrected chi connectivity index (χ0v) is 10.5. The summed E-state index contributed by atoms with van der Waals surface area (Å²) in [5, 5.41) is 14.0. The van der Waals surface area contributed by atoms with Crippen LogP contribution in [0, 0.1) is 5.41 Å². The highest BCUT2D eigenvalue weighted by Gasteiger charge is 2.63. The summed E-state index contributed by atoms with van der Waals surface area (Å²) in [6, 6.07) is 0.254. The minimum atomic E-state index is -1.08. The molecule has 0 aromatic carbocycles. The zero-order valence-electron chi connectivity index (χ0n) is 10.5. The molecule has 5 nitrogen and oxygen atoms in total. The highest BCUT2D eigenvalue weighted by molar-refractivity contribution is 5.79. The quantitative estimate of drug-likeness (QED) is 0.687. The average Bonchev–Trinajstić information content (AvgIpc) is 2.66. The Labute approximate surface area is 101 Å². The molecule has 2 rings (SSSR count). The van der Waals surface area contributed by atoms with Gasteiger partial charge in [-0.3, -0.25) is 4.79 Å². The molecule has 1 unspecified atom stereocenters. The van der Waals surface area contributed by atoms with Crippen LogP contribution in [0.15, 0.2) is 0 Å². The molecule has 17 heavy (non-hydrogen) atoms. The van der Waals surface area contributed by atoms with Crippen LogP contribution in [0.2, 0.25) is 0 Å². The fraction of sp³-hybridized carbons (Fsp3) is 0.917. The van der Waals surface area contributed by atoms with E-state index in [9.17, 15) is 9.90 Å². The summed E-state index contributed by atoms with van der Waals surface area (Å²) >= 11 is 0. The van der Waals surface area contributed by atoms with Gasteiger partial charge in [0, 0.05) is 6.04 Å². The van der Waals surface area contributed by atoms with E-state index in [2.05, 4.69) is 5.32 Å². The molecule has 0 aromatic heterocycles. The normalized spacial score (nSPS) is 41.0. The Hall–Kier alpha value is -0.650. The number of rotatable bonds is 3. The molecule has 0 amide bonds. The molecule has 0 aromatic rings. The minimum Gasteiger partial charge on any atom is -0.468 e. The van der Waals surface area contributed by atoms with Gasteiger partial charge in [0.1, 0.15) is 11.0 Å². The van der Waals surface area contributed by atoms with Crippen molar-refractivity contribution < 1.29 is 19.4 Å². The number of ether oxygens (including phenoxy) is 2. The number of methoxy groups -OCH3 is 1. The lowest BCUT2D eigenvalue weighted by molar-refractivity contribution is -0.172. The van der Waals surface area contributed by atoms with Gasteiger partial charge in [-0.05, 0) is 25.8 Å². The second kappa shape index (κ2) is 4.55. The summed E-state index contributed by atoms with van der Waals surface area (Å²) in [5.41, 5.74) is -1.93. The van der Waals surface area contributed by atoms with E-state index in [4.69, 9.17) is 9.47 Å². The Morgan fingerprint density at radius 1 is 1.59 bits per heavy atom. The lowest BCUT2D eigenvalue weighted by atomic mass is 9.63. The molecule has 0 radical (unpaired) electrons. The van der Waals surface area contributed by atoms with Crippen LogP contribution in [-0.4, -0.2) is 49.6 Å². The molecule has 98 valence electrons. The van der Waals surface area contributed by atoms with Crippen molar-refractivity contribution in [1.82, 2.24) is 5.32 Å². The third-order valence-corrected chi connectivity index (χ3v) is 4.15. The second-order valence-corrected chi connectivity index (χ2v) is 5.10. The predicted molar refractivity (Wildman–Crippen MR) is 61.5 cm³/mol. The first-order valence-electron chi connectivity index (χ1n) is 6.20. The Bertz CT molecular complexity index is 309. The Balaban J connectivity index is 2.20. The van der Waals surface area contributed by atoms with Crippen molar-refractivity contribution in [3.8, 4) is 0 Å². The van der Waals surface area contributed by atoms with E-state index < -0.39 is 11.0 Å². The van der Waals surface area contributed by atoms with Crippen molar-refractivity contribution in [2.45, 2.75) is 37.8 Å². The Morgan fingerprint density at radius 2 is 2.35 bits per heavy atom. The van der Waals surface area contributed by atoms with Crippen LogP contribution in [0.25, 0.3) is 0 Å². The monoisotopic (exact) mass is 243 g/mol. The third-order valence-electron chi connectivity index (χ3n) is 4.15. The molecule has 0 bridgehead atoms. The highest BCUT2D eigenvalue weighted by Crippen LogP contribution is 2.49. The standard InChI is InChI=1S/C12H21NO4/c1-3-13-9-4-5-11(10(14)16-2)7-17-8-12(11,15)6-9/h9,13,15H,3-8H2,1-2H3/t9?,11-,12-/m1/s1. The summed E-state index contributed by atoms with van der Waals surface area (Å²) in [5.74, 6) is -0.340. The second-order valence-electron chi connectivity index (χ2n) is 5.10. The maximum absolute atomic E-state index is 12.0. The molecule has 3 atom stereocenters. The van der Waals surface area contributed by atoms with Gasteiger partial charge in [-0.1, -0.05) is 6.92 Å². The van der Waals surface area contributed by atoms with E-state index in [0.717, 1.165) is 13.0 Å². The van der Waals surface area contributed by atoms with E-state index in [1.54, 1.807) is 0 Å². The van der Waals surface area contributed by atoms with E-state index in [-0.39, 0.29) is 25.2 Å². The molecule has 2 N–H and O–H groups in total.